The van der Waals surface area contributed by atoms with Gasteiger partial charge in [0.05, 0.1) is 6.04 Å². The number of pyridine rings is 1. The highest BCUT2D eigenvalue weighted by Crippen LogP contribution is 2.36. The van der Waals surface area contributed by atoms with E-state index < -0.39 is 12.3 Å². The molecule has 3 aromatic rings. The number of rotatable bonds is 12. The van der Waals surface area contributed by atoms with Crippen molar-refractivity contribution in [1.29, 1.82) is 5.41 Å². The van der Waals surface area contributed by atoms with Crippen molar-refractivity contribution in [2.45, 2.75) is 85.6 Å². The molecule has 1 heterocycles. The number of alkyl halides is 2. The van der Waals surface area contributed by atoms with Crippen LogP contribution in [0.15, 0.2) is 48.7 Å². The molecule has 0 radical (unpaired) electrons. The van der Waals surface area contributed by atoms with Crippen molar-refractivity contribution in [3.8, 4) is 11.1 Å². The van der Waals surface area contributed by atoms with Crippen molar-refractivity contribution < 1.29 is 8.78 Å². The maximum Gasteiger partial charge on any atom is 0.156 e. The summed E-state index contributed by atoms with van der Waals surface area (Å²) in [4.78, 5) is 4.67. The van der Waals surface area contributed by atoms with E-state index in [0.29, 0.717) is 11.5 Å². The quantitative estimate of drug-likeness (QED) is 0.241. The Morgan fingerprint density at radius 3 is 2.22 bits per heavy atom. The second kappa shape index (κ2) is 12.9. The van der Waals surface area contributed by atoms with Crippen LogP contribution in [0.3, 0.4) is 0 Å². The summed E-state index contributed by atoms with van der Waals surface area (Å²) in [5.41, 5.74) is 8.32. The number of nitrogens with zero attached hydrogens (tertiary/aromatic N) is 1. The Bertz CT molecular complexity index is 1190. The minimum absolute atomic E-state index is 0.0719. The average molecular weight is 506 g/mol. The Morgan fingerprint density at radius 2 is 1.68 bits per heavy atom. The zero-order valence-corrected chi connectivity index (χ0v) is 23.0. The lowest BCUT2D eigenvalue weighted by Crippen LogP contribution is -2.16. The third-order valence-electron chi connectivity index (χ3n) is 6.91. The van der Waals surface area contributed by atoms with E-state index in [4.69, 9.17) is 5.41 Å². The van der Waals surface area contributed by atoms with E-state index in [-0.39, 0.29) is 6.04 Å². The van der Waals surface area contributed by atoms with E-state index in [2.05, 4.69) is 56.2 Å². The van der Waals surface area contributed by atoms with Gasteiger partial charge in [0, 0.05) is 29.4 Å². The molecular formula is C32H41F2N3. The van der Waals surface area contributed by atoms with Crippen molar-refractivity contribution in [2.24, 2.45) is 5.92 Å². The molecule has 0 saturated heterocycles. The van der Waals surface area contributed by atoms with Crippen LogP contribution in [0.1, 0.15) is 93.2 Å². The molecule has 3 unspecified atom stereocenters. The van der Waals surface area contributed by atoms with Gasteiger partial charge in [-0.1, -0.05) is 64.4 Å². The van der Waals surface area contributed by atoms with Crippen molar-refractivity contribution in [3.63, 3.8) is 0 Å². The lowest BCUT2D eigenvalue weighted by atomic mass is 9.89. The van der Waals surface area contributed by atoms with Gasteiger partial charge < -0.3 is 10.7 Å². The molecule has 0 bridgehead atoms. The predicted octanol–water partition coefficient (Wildman–Crippen LogP) is 9.14. The maximum atomic E-state index is 14.3. The standard InChI is InChI=1S/C32H41F2N3/c1-7-9-25-12-10-24(19-36-25)31(16-20(3)4)37-30-15-14-28(26(8-2)29(30)18-35)27-13-11-23(17-21(27)5)32(34)22(6)33/h10-15,17-20,22,31-32,35,37H,7-9,16H2,1-6H3. The molecule has 3 atom stereocenters. The van der Waals surface area contributed by atoms with E-state index >= 15 is 0 Å². The fraction of sp³-hybridized carbons (Fsp3) is 0.438. The van der Waals surface area contributed by atoms with Crippen LogP contribution in [-0.4, -0.2) is 17.4 Å². The normalized spacial score (nSPS) is 13.9. The van der Waals surface area contributed by atoms with Gasteiger partial charge in [-0.25, -0.2) is 8.78 Å². The van der Waals surface area contributed by atoms with Crippen LogP contribution < -0.4 is 5.32 Å². The molecular weight excluding hydrogens is 464 g/mol. The van der Waals surface area contributed by atoms with Gasteiger partial charge in [0.25, 0.3) is 0 Å². The summed E-state index contributed by atoms with van der Waals surface area (Å²) < 4.78 is 27.8. The first kappa shape index (κ1) is 28.5. The predicted molar refractivity (Wildman–Crippen MR) is 152 cm³/mol. The highest BCUT2D eigenvalue weighted by molar-refractivity contribution is 5.92. The van der Waals surface area contributed by atoms with Gasteiger partial charge in [-0.2, -0.15) is 0 Å². The van der Waals surface area contributed by atoms with Gasteiger partial charge in [-0.15, -0.1) is 0 Å². The summed E-state index contributed by atoms with van der Waals surface area (Å²) in [6, 6.07) is 13.8. The maximum absolute atomic E-state index is 14.3. The molecule has 37 heavy (non-hydrogen) atoms. The first-order chi connectivity index (χ1) is 17.7. The molecule has 0 aliphatic rings. The number of aryl methyl sites for hydroxylation is 2. The molecule has 0 saturated carbocycles. The third kappa shape index (κ3) is 6.82. The summed E-state index contributed by atoms with van der Waals surface area (Å²) in [6.45, 7) is 11.8. The molecule has 3 nitrogen and oxygen atoms in total. The lowest BCUT2D eigenvalue weighted by Gasteiger charge is -2.25. The Kier molecular flexibility index (Phi) is 9.96. The van der Waals surface area contributed by atoms with Crippen LogP contribution in [0.4, 0.5) is 14.5 Å². The zero-order valence-electron chi connectivity index (χ0n) is 23.0. The molecule has 1 aromatic heterocycles. The average Bonchev–Trinajstić information content (AvgIpc) is 2.87. The third-order valence-corrected chi connectivity index (χ3v) is 6.91. The summed E-state index contributed by atoms with van der Waals surface area (Å²) in [7, 11) is 0. The molecule has 2 N–H and O–H groups in total. The first-order valence-electron chi connectivity index (χ1n) is 13.5. The van der Waals surface area contributed by atoms with Crippen molar-refractivity contribution in [2.75, 3.05) is 5.32 Å². The molecule has 0 fully saturated rings. The van der Waals surface area contributed by atoms with E-state index in [0.717, 1.165) is 70.4 Å². The van der Waals surface area contributed by atoms with Crippen LogP contribution >= 0.6 is 0 Å². The van der Waals surface area contributed by atoms with E-state index in [9.17, 15) is 8.78 Å². The first-order valence-corrected chi connectivity index (χ1v) is 13.5. The van der Waals surface area contributed by atoms with Crippen LogP contribution in [0.5, 0.6) is 0 Å². The van der Waals surface area contributed by atoms with E-state index in [1.54, 1.807) is 12.1 Å². The molecule has 0 aliphatic heterocycles. The van der Waals surface area contributed by atoms with Crippen LogP contribution in [0.2, 0.25) is 0 Å². The summed E-state index contributed by atoms with van der Waals surface area (Å²) in [5, 5.41) is 12.0. The zero-order chi connectivity index (χ0) is 27.1. The Balaban J connectivity index is 2.01. The molecule has 3 rings (SSSR count). The second-order valence-electron chi connectivity index (χ2n) is 10.4. The number of nitrogens with one attached hydrogen (secondary N) is 2. The molecule has 0 amide bonds. The van der Waals surface area contributed by atoms with Gasteiger partial charge in [-0.3, -0.25) is 4.98 Å². The van der Waals surface area contributed by atoms with E-state index in [1.807, 2.05) is 25.3 Å². The fourth-order valence-corrected chi connectivity index (χ4v) is 5.00. The van der Waals surface area contributed by atoms with Crippen molar-refractivity contribution >= 4 is 11.9 Å². The summed E-state index contributed by atoms with van der Waals surface area (Å²) in [6.07, 6.45) is 3.94. The van der Waals surface area contributed by atoms with Gasteiger partial charge in [0.2, 0.25) is 0 Å². The van der Waals surface area contributed by atoms with Gasteiger partial charge in [0.1, 0.15) is 6.17 Å². The van der Waals surface area contributed by atoms with Crippen LogP contribution in [0.25, 0.3) is 11.1 Å². The number of aromatic nitrogens is 1. The van der Waals surface area contributed by atoms with Crippen molar-refractivity contribution in [1.82, 2.24) is 4.98 Å². The highest BCUT2D eigenvalue weighted by Gasteiger charge is 2.21. The smallest absolute Gasteiger partial charge is 0.156 e. The fourth-order valence-electron chi connectivity index (χ4n) is 5.00. The summed E-state index contributed by atoms with van der Waals surface area (Å²) >= 11 is 0. The minimum atomic E-state index is -1.63. The number of halogens is 2. The number of hydrogen-bond donors (Lipinski definition) is 2. The molecule has 0 spiro atoms. The number of benzene rings is 2. The highest BCUT2D eigenvalue weighted by atomic mass is 19.2. The molecule has 0 aliphatic carbocycles. The minimum Gasteiger partial charge on any atom is -0.378 e. The Hall–Kier alpha value is -3.08. The summed E-state index contributed by atoms with van der Waals surface area (Å²) in [5.74, 6) is 0.480. The van der Waals surface area contributed by atoms with Crippen LogP contribution in [0, 0.1) is 18.3 Å². The largest absolute Gasteiger partial charge is 0.378 e. The van der Waals surface area contributed by atoms with Crippen LogP contribution in [-0.2, 0) is 12.8 Å². The van der Waals surface area contributed by atoms with Gasteiger partial charge in [0.15, 0.2) is 6.17 Å². The molecule has 198 valence electrons. The van der Waals surface area contributed by atoms with Gasteiger partial charge in [-0.05, 0) is 84.5 Å². The lowest BCUT2D eigenvalue weighted by molar-refractivity contribution is 0.185. The van der Waals surface area contributed by atoms with Gasteiger partial charge >= 0.3 is 0 Å². The Morgan fingerprint density at radius 1 is 0.973 bits per heavy atom. The second-order valence-corrected chi connectivity index (χ2v) is 10.4. The Labute approximate surface area is 221 Å². The molecule has 5 heteroatoms. The van der Waals surface area contributed by atoms with Crippen molar-refractivity contribution in [3.05, 3.63) is 82.2 Å². The SMILES string of the molecule is CCCc1ccc(C(CC(C)C)Nc2ccc(-c3ccc(C(F)C(C)F)cc3C)c(CC)c2C=N)cn1. The monoisotopic (exact) mass is 505 g/mol. The van der Waals surface area contributed by atoms with E-state index in [1.165, 1.54) is 13.1 Å². The number of anilines is 1. The number of hydrogen-bond acceptors (Lipinski definition) is 3. The topological polar surface area (TPSA) is 48.8 Å². The molecule has 2 aromatic carbocycles.